The lowest BCUT2D eigenvalue weighted by Gasteiger charge is -2.38. The molecule has 0 bridgehead atoms. The van der Waals surface area contributed by atoms with E-state index in [9.17, 15) is 4.79 Å². The Hall–Kier alpha value is -3.23. The Bertz CT molecular complexity index is 1200. The number of benzene rings is 3. The van der Waals surface area contributed by atoms with E-state index < -0.39 is 5.54 Å². The van der Waals surface area contributed by atoms with Gasteiger partial charge in [-0.1, -0.05) is 85.8 Å². The minimum Gasteiger partial charge on any atom is -0.297 e. The molecule has 34 heavy (non-hydrogen) atoms. The maximum atomic E-state index is 14.3. The van der Waals surface area contributed by atoms with Crippen molar-refractivity contribution in [2.75, 3.05) is 14.1 Å². The van der Waals surface area contributed by atoms with Crippen molar-refractivity contribution in [1.82, 2.24) is 4.90 Å². The van der Waals surface area contributed by atoms with Crippen molar-refractivity contribution in [3.8, 4) is 11.1 Å². The van der Waals surface area contributed by atoms with Crippen molar-refractivity contribution < 1.29 is 4.79 Å². The second kappa shape index (κ2) is 9.56. The molecule has 174 valence electrons. The molecule has 1 atom stereocenters. The van der Waals surface area contributed by atoms with Crippen molar-refractivity contribution in [3.63, 3.8) is 0 Å². The molecule has 0 amide bonds. The predicted octanol–water partition coefficient (Wildman–Crippen LogP) is 7.24. The van der Waals surface area contributed by atoms with E-state index in [1.54, 1.807) is 0 Å². The number of fused-ring (bicyclic) bond motifs is 3. The monoisotopic (exact) mass is 449 g/mol. The molecule has 3 aromatic rings. The maximum Gasteiger partial charge on any atom is 0.183 e. The van der Waals surface area contributed by atoms with Crippen molar-refractivity contribution in [1.29, 1.82) is 0 Å². The van der Waals surface area contributed by atoms with Gasteiger partial charge in [-0.25, -0.2) is 0 Å². The van der Waals surface area contributed by atoms with Gasteiger partial charge in [0.15, 0.2) is 5.78 Å². The molecule has 0 heterocycles. The molecule has 0 saturated carbocycles. The minimum atomic E-state index is -0.611. The number of hydrogen-bond acceptors (Lipinski definition) is 2. The summed E-state index contributed by atoms with van der Waals surface area (Å²) in [6.45, 7) is 10.3. The zero-order valence-electron chi connectivity index (χ0n) is 20.7. The summed E-state index contributed by atoms with van der Waals surface area (Å²) >= 11 is 0. The van der Waals surface area contributed by atoms with Gasteiger partial charge in [-0.3, -0.25) is 9.69 Å². The van der Waals surface area contributed by atoms with Gasteiger partial charge in [0.2, 0.25) is 0 Å². The lowest BCUT2D eigenvalue weighted by Crippen LogP contribution is -2.52. The average molecular weight is 450 g/mol. The summed E-state index contributed by atoms with van der Waals surface area (Å²) < 4.78 is 0. The standard InChI is InChI=1S/C32H35NO/c1-6-20-31(21-7-2)28-17-13-12-16-26(28)27-19-18-25(22-29(27)31)30(34)32(8-3,33(4)5)23-24-14-10-9-11-15-24/h6-7,9-19,22H,1-2,8,20-21,23H2,3-5H3. The predicted molar refractivity (Wildman–Crippen MR) is 143 cm³/mol. The Kier molecular flexibility index (Phi) is 6.72. The number of allylic oxidation sites excluding steroid dienone is 2. The van der Waals surface area contributed by atoms with Crippen LogP contribution in [-0.2, 0) is 11.8 Å². The van der Waals surface area contributed by atoms with Crippen LogP contribution in [0, 0.1) is 0 Å². The Balaban J connectivity index is 1.86. The van der Waals surface area contributed by atoms with Crippen LogP contribution in [-0.4, -0.2) is 30.3 Å². The molecular formula is C32H35NO. The van der Waals surface area contributed by atoms with Gasteiger partial charge < -0.3 is 0 Å². The number of Topliss-reactive ketones (excluding diaryl/α,β-unsaturated/α-hetero) is 1. The first-order valence-electron chi connectivity index (χ1n) is 12.2. The summed E-state index contributed by atoms with van der Waals surface area (Å²) in [6, 6.07) is 25.3. The third kappa shape index (κ3) is 3.76. The van der Waals surface area contributed by atoms with Gasteiger partial charge in [0, 0.05) is 11.0 Å². The quantitative estimate of drug-likeness (QED) is 0.240. The molecule has 0 radical (unpaired) electrons. The van der Waals surface area contributed by atoms with Gasteiger partial charge in [0.25, 0.3) is 0 Å². The lowest BCUT2D eigenvalue weighted by molar-refractivity contribution is 0.0666. The summed E-state index contributed by atoms with van der Waals surface area (Å²) in [5, 5.41) is 0. The smallest absolute Gasteiger partial charge is 0.183 e. The number of carbonyl (C=O) groups is 1. The van der Waals surface area contributed by atoms with Crippen molar-refractivity contribution in [3.05, 3.63) is 120 Å². The van der Waals surface area contributed by atoms with Crippen LogP contribution >= 0.6 is 0 Å². The van der Waals surface area contributed by atoms with Crippen molar-refractivity contribution >= 4 is 5.78 Å². The Morgan fingerprint density at radius 2 is 1.50 bits per heavy atom. The second-order valence-corrected chi connectivity index (χ2v) is 9.64. The van der Waals surface area contributed by atoms with E-state index in [1.165, 1.54) is 27.8 Å². The fourth-order valence-electron chi connectivity index (χ4n) is 5.86. The first-order valence-corrected chi connectivity index (χ1v) is 12.2. The fourth-order valence-corrected chi connectivity index (χ4v) is 5.86. The number of carbonyl (C=O) groups excluding carboxylic acids is 1. The van der Waals surface area contributed by atoms with Gasteiger partial charge in [0.1, 0.15) is 0 Å². The number of hydrogen-bond donors (Lipinski definition) is 0. The van der Waals surface area contributed by atoms with Crippen molar-refractivity contribution in [2.24, 2.45) is 0 Å². The highest BCUT2D eigenvalue weighted by molar-refractivity contribution is 6.04. The van der Waals surface area contributed by atoms with E-state index in [-0.39, 0.29) is 11.2 Å². The van der Waals surface area contributed by atoms with Crippen LogP contribution in [0.2, 0.25) is 0 Å². The first-order chi connectivity index (χ1) is 16.4. The van der Waals surface area contributed by atoms with E-state index in [0.29, 0.717) is 6.42 Å². The average Bonchev–Trinajstić information content (AvgIpc) is 3.12. The second-order valence-electron chi connectivity index (χ2n) is 9.64. The third-order valence-electron chi connectivity index (χ3n) is 7.72. The van der Waals surface area contributed by atoms with Gasteiger partial charge >= 0.3 is 0 Å². The normalized spacial score (nSPS) is 15.3. The molecule has 0 saturated heterocycles. The van der Waals surface area contributed by atoms with Gasteiger partial charge in [-0.15, -0.1) is 13.2 Å². The number of rotatable bonds is 10. The molecule has 1 aliphatic carbocycles. The van der Waals surface area contributed by atoms with E-state index >= 15 is 0 Å². The van der Waals surface area contributed by atoms with E-state index in [4.69, 9.17) is 0 Å². The van der Waals surface area contributed by atoms with Gasteiger partial charge in [-0.05, 0) is 73.7 Å². The molecule has 0 aromatic heterocycles. The molecule has 2 heteroatoms. The van der Waals surface area contributed by atoms with Crippen LogP contribution < -0.4 is 0 Å². The Labute approximate surface area is 204 Å². The molecule has 4 rings (SSSR count). The van der Waals surface area contributed by atoms with Crippen LogP contribution in [0.25, 0.3) is 11.1 Å². The molecule has 0 N–H and O–H groups in total. The molecule has 3 aromatic carbocycles. The highest BCUT2D eigenvalue weighted by atomic mass is 16.1. The maximum absolute atomic E-state index is 14.3. The molecule has 0 aliphatic heterocycles. The first kappa shape index (κ1) is 23.9. The van der Waals surface area contributed by atoms with Crippen LogP contribution in [0.5, 0.6) is 0 Å². The molecule has 0 spiro atoms. The van der Waals surface area contributed by atoms with Gasteiger partial charge in [0.05, 0.1) is 5.54 Å². The zero-order valence-corrected chi connectivity index (χ0v) is 20.7. The highest BCUT2D eigenvalue weighted by Gasteiger charge is 2.44. The van der Waals surface area contributed by atoms with E-state index in [1.807, 2.05) is 50.5 Å². The number of ketones is 1. The van der Waals surface area contributed by atoms with Crippen molar-refractivity contribution in [2.45, 2.75) is 43.6 Å². The summed E-state index contributed by atoms with van der Waals surface area (Å²) in [7, 11) is 4.04. The molecule has 1 unspecified atom stereocenters. The Morgan fingerprint density at radius 1 is 0.882 bits per heavy atom. The van der Waals surface area contributed by atoms with E-state index in [2.05, 4.69) is 73.5 Å². The Morgan fingerprint density at radius 3 is 2.12 bits per heavy atom. The highest BCUT2D eigenvalue weighted by Crippen LogP contribution is 2.53. The van der Waals surface area contributed by atoms with Gasteiger partial charge in [-0.2, -0.15) is 0 Å². The van der Waals surface area contributed by atoms with Crippen LogP contribution in [0.1, 0.15) is 53.2 Å². The lowest BCUT2D eigenvalue weighted by atomic mass is 9.72. The molecule has 1 aliphatic rings. The zero-order chi connectivity index (χ0) is 24.3. The van der Waals surface area contributed by atoms with Crippen LogP contribution in [0.15, 0.2) is 98.1 Å². The summed E-state index contributed by atoms with van der Waals surface area (Å²) in [4.78, 5) is 16.4. The van der Waals surface area contributed by atoms with E-state index in [0.717, 1.165) is 24.8 Å². The third-order valence-corrected chi connectivity index (χ3v) is 7.72. The topological polar surface area (TPSA) is 20.3 Å². The molecule has 0 fully saturated rings. The molecule has 2 nitrogen and oxygen atoms in total. The van der Waals surface area contributed by atoms with Crippen LogP contribution in [0.3, 0.4) is 0 Å². The SMILES string of the molecule is C=CCC1(CC=C)c2ccccc2-c2ccc(C(=O)C(CC)(Cc3ccccc3)N(C)C)cc21. The fraction of sp³-hybridized carbons (Fsp3) is 0.281. The largest absolute Gasteiger partial charge is 0.297 e. The number of likely N-dealkylation sites (N-methyl/N-ethyl adjacent to an activating group) is 1. The molecular weight excluding hydrogens is 414 g/mol. The van der Waals surface area contributed by atoms with Crippen LogP contribution in [0.4, 0.5) is 0 Å². The summed E-state index contributed by atoms with van der Waals surface area (Å²) in [5.74, 6) is 0.175. The summed E-state index contributed by atoms with van der Waals surface area (Å²) in [6.07, 6.45) is 7.01. The minimum absolute atomic E-state index is 0.175. The summed E-state index contributed by atoms with van der Waals surface area (Å²) in [5.41, 5.74) is 6.07. The number of nitrogens with zero attached hydrogens (tertiary/aromatic N) is 1.